The van der Waals surface area contributed by atoms with Crippen molar-refractivity contribution in [3.63, 3.8) is 0 Å². The van der Waals surface area contributed by atoms with Gasteiger partial charge in [-0.15, -0.1) is 0 Å². The van der Waals surface area contributed by atoms with E-state index in [-0.39, 0.29) is 0 Å². The number of rotatable bonds is 6. The maximum Gasteiger partial charge on any atom is 0.243 e. The summed E-state index contributed by atoms with van der Waals surface area (Å²) < 4.78 is 4.40. The lowest BCUT2D eigenvalue weighted by Gasteiger charge is -2.11. The van der Waals surface area contributed by atoms with Gasteiger partial charge in [-0.2, -0.15) is 0 Å². The SMILES string of the molecule is CCCCC(CC)Cn1cc[n+](C)c1.O=C[O-]. The van der Waals surface area contributed by atoms with Gasteiger partial charge in [-0.3, -0.25) is 0 Å². The number of hydrogen-bond donors (Lipinski definition) is 0. The van der Waals surface area contributed by atoms with Crippen molar-refractivity contribution in [2.45, 2.75) is 46.1 Å². The third kappa shape index (κ3) is 7.55. The van der Waals surface area contributed by atoms with Crippen LogP contribution in [-0.2, 0) is 18.4 Å². The summed E-state index contributed by atoms with van der Waals surface area (Å²) in [4.78, 5) is 8.25. The molecule has 0 N–H and O–H groups in total. The molecule has 4 nitrogen and oxygen atoms in total. The van der Waals surface area contributed by atoms with Crippen molar-refractivity contribution in [1.29, 1.82) is 0 Å². The van der Waals surface area contributed by atoms with E-state index in [9.17, 15) is 0 Å². The molecule has 4 heteroatoms. The summed E-state index contributed by atoms with van der Waals surface area (Å²) in [5, 5.41) is 8.25. The molecular weight excluding hydrogens is 216 g/mol. The fourth-order valence-electron chi connectivity index (χ4n) is 1.83. The highest BCUT2D eigenvalue weighted by Gasteiger charge is 2.10. The van der Waals surface area contributed by atoms with Gasteiger partial charge in [0.15, 0.2) is 0 Å². The van der Waals surface area contributed by atoms with E-state index in [2.05, 4.69) is 48.8 Å². The van der Waals surface area contributed by atoms with E-state index in [0.717, 1.165) is 5.92 Å². The molecule has 1 aromatic rings. The highest BCUT2D eigenvalue weighted by atomic mass is 16.3. The smallest absolute Gasteiger partial charge is 0.243 e. The zero-order valence-corrected chi connectivity index (χ0v) is 11.1. The van der Waals surface area contributed by atoms with Crippen LogP contribution >= 0.6 is 0 Å². The Morgan fingerprint density at radius 1 is 1.47 bits per heavy atom. The number of imidazole rings is 1. The van der Waals surface area contributed by atoms with Crippen LogP contribution in [0.25, 0.3) is 0 Å². The first kappa shape index (κ1) is 15.7. The van der Waals surface area contributed by atoms with E-state index >= 15 is 0 Å². The maximum absolute atomic E-state index is 8.25. The molecule has 0 aromatic carbocycles. The monoisotopic (exact) mass is 240 g/mol. The van der Waals surface area contributed by atoms with Crippen molar-refractivity contribution in [2.24, 2.45) is 13.0 Å². The van der Waals surface area contributed by atoms with Crippen LogP contribution in [0.3, 0.4) is 0 Å². The van der Waals surface area contributed by atoms with Gasteiger partial charge in [-0.05, 0) is 18.8 Å². The normalized spacial score (nSPS) is 11.5. The number of aromatic nitrogens is 2. The van der Waals surface area contributed by atoms with Gasteiger partial charge in [0.05, 0.1) is 13.6 Å². The van der Waals surface area contributed by atoms with Crippen molar-refractivity contribution in [1.82, 2.24) is 4.57 Å². The summed E-state index contributed by atoms with van der Waals surface area (Å²) in [5.74, 6) is 0.849. The molecule has 1 rings (SSSR count). The quantitative estimate of drug-likeness (QED) is 0.548. The van der Waals surface area contributed by atoms with Gasteiger partial charge in [0.2, 0.25) is 6.33 Å². The minimum Gasteiger partial charge on any atom is -0.554 e. The van der Waals surface area contributed by atoms with Crippen molar-refractivity contribution >= 4 is 6.47 Å². The Morgan fingerprint density at radius 3 is 2.53 bits per heavy atom. The second kappa shape index (κ2) is 9.87. The fourth-order valence-corrected chi connectivity index (χ4v) is 1.83. The minimum atomic E-state index is -0.500. The topological polar surface area (TPSA) is 48.9 Å². The molecule has 0 saturated heterocycles. The number of unbranched alkanes of at least 4 members (excludes halogenated alkanes) is 1. The molecule has 0 spiro atoms. The van der Waals surface area contributed by atoms with E-state index in [4.69, 9.17) is 9.90 Å². The van der Waals surface area contributed by atoms with Gasteiger partial charge in [-0.1, -0.05) is 26.7 Å². The zero-order chi connectivity index (χ0) is 13.1. The predicted molar refractivity (Wildman–Crippen MR) is 65.0 cm³/mol. The molecule has 0 aliphatic carbocycles. The Bertz CT molecular complexity index is 297. The highest BCUT2D eigenvalue weighted by molar-refractivity contribution is 5.29. The minimum absolute atomic E-state index is 0.500. The van der Waals surface area contributed by atoms with Crippen LogP contribution < -0.4 is 9.67 Å². The molecule has 98 valence electrons. The lowest BCUT2D eigenvalue weighted by atomic mass is 9.99. The van der Waals surface area contributed by atoms with E-state index in [1.807, 2.05) is 0 Å². The Balaban J connectivity index is 0.000000770. The van der Waals surface area contributed by atoms with Gasteiger partial charge in [0.25, 0.3) is 0 Å². The zero-order valence-electron chi connectivity index (χ0n) is 11.1. The number of aryl methyl sites for hydroxylation is 1. The van der Waals surface area contributed by atoms with Crippen LogP contribution in [0.15, 0.2) is 18.7 Å². The molecule has 0 saturated carbocycles. The molecule has 0 amide bonds. The van der Waals surface area contributed by atoms with Gasteiger partial charge in [0.1, 0.15) is 12.4 Å². The number of hydrogen-bond acceptors (Lipinski definition) is 2. The van der Waals surface area contributed by atoms with Crippen molar-refractivity contribution in [2.75, 3.05) is 0 Å². The van der Waals surface area contributed by atoms with Crippen LogP contribution in [0.5, 0.6) is 0 Å². The first-order valence-electron chi connectivity index (χ1n) is 6.24. The highest BCUT2D eigenvalue weighted by Crippen LogP contribution is 2.14. The first-order valence-corrected chi connectivity index (χ1v) is 6.24. The molecule has 0 aliphatic rings. The third-order valence-electron chi connectivity index (χ3n) is 2.84. The van der Waals surface area contributed by atoms with Gasteiger partial charge < -0.3 is 9.90 Å². The molecule has 0 aliphatic heterocycles. The number of carboxylic acid groups (broad SMARTS) is 1. The molecule has 17 heavy (non-hydrogen) atoms. The summed E-state index contributed by atoms with van der Waals surface area (Å²) in [5.41, 5.74) is 0. The first-order chi connectivity index (χ1) is 8.17. The number of nitrogens with zero attached hydrogens (tertiary/aromatic N) is 2. The molecule has 1 aromatic heterocycles. The fraction of sp³-hybridized carbons (Fsp3) is 0.692. The van der Waals surface area contributed by atoms with E-state index < -0.39 is 6.47 Å². The van der Waals surface area contributed by atoms with Crippen LogP contribution in [0.1, 0.15) is 39.5 Å². The molecule has 0 radical (unpaired) electrons. The Labute approximate surface area is 104 Å². The molecule has 1 atom stereocenters. The summed E-state index contributed by atoms with van der Waals surface area (Å²) in [6, 6.07) is 0. The Morgan fingerprint density at radius 2 is 2.12 bits per heavy atom. The Kier molecular flexibility index (Phi) is 9.11. The van der Waals surface area contributed by atoms with Crippen LogP contribution in [0.4, 0.5) is 0 Å². The second-order valence-electron chi connectivity index (χ2n) is 4.29. The lowest BCUT2D eigenvalue weighted by Crippen LogP contribution is -2.24. The number of carbonyl (C=O) groups is 1. The molecule has 0 fully saturated rings. The van der Waals surface area contributed by atoms with Crippen molar-refractivity contribution in [3.05, 3.63) is 18.7 Å². The molecular formula is C13H24N2O2. The van der Waals surface area contributed by atoms with Crippen molar-refractivity contribution < 1.29 is 14.5 Å². The average Bonchev–Trinajstić information content (AvgIpc) is 2.71. The molecule has 1 unspecified atom stereocenters. The van der Waals surface area contributed by atoms with Crippen LogP contribution in [-0.4, -0.2) is 11.0 Å². The number of carbonyl (C=O) groups excluding carboxylic acids is 1. The van der Waals surface area contributed by atoms with Gasteiger partial charge in [0, 0.05) is 6.47 Å². The predicted octanol–water partition coefficient (Wildman–Crippen LogP) is 0.895. The van der Waals surface area contributed by atoms with Gasteiger partial charge >= 0.3 is 0 Å². The molecule has 0 bridgehead atoms. The third-order valence-corrected chi connectivity index (χ3v) is 2.84. The maximum atomic E-state index is 8.25. The Hall–Kier alpha value is -1.32. The molecule has 1 heterocycles. The lowest BCUT2D eigenvalue weighted by molar-refractivity contribution is -0.671. The summed E-state index contributed by atoms with van der Waals surface area (Å²) in [7, 11) is 2.07. The largest absolute Gasteiger partial charge is 0.554 e. The van der Waals surface area contributed by atoms with E-state index in [1.165, 1.54) is 32.2 Å². The van der Waals surface area contributed by atoms with E-state index in [1.54, 1.807) is 0 Å². The van der Waals surface area contributed by atoms with Crippen LogP contribution in [0.2, 0.25) is 0 Å². The average molecular weight is 240 g/mol. The standard InChI is InChI=1S/C12H23N2.CH2O2/c1-4-6-7-12(5-2)10-14-9-8-13(3)11-14;2-1-3/h8-9,11-12H,4-7,10H2,1-3H3;1H,(H,2,3)/q+1;/p-1. The van der Waals surface area contributed by atoms with Crippen molar-refractivity contribution in [3.8, 4) is 0 Å². The summed E-state index contributed by atoms with van der Waals surface area (Å²) in [6.45, 7) is 5.24. The van der Waals surface area contributed by atoms with E-state index in [0.29, 0.717) is 0 Å². The second-order valence-corrected chi connectivity index (χ2v) is 4.29. The summed E-state index contributed by atoms with van der Waals surface area (Å²) in [6.07, 6.45) is 11.8. The van der Waals surface area contributed by atoms with Gasteiger partial charge in [-0.25, -0.2) is 9.13 Å². The summed E-state index contributed by atoms with van der Waals surface area (Å²) >= 11 is 0. The van der Waals surface area contributed by atoms with Crippen LogP contribution in [0, 0.1) is 5.92 Å².